The molecule has 0 aliphatic carbocycles. The lowest BCUT2D eigenvalue weighted by molar-refractivity contribution is -0.117. The van der Waals surface area contributed by atoms with Gasteiger partial charge in [-0.15, -0.1) is 11.3 Å². The number of pyridine rings is 1. The van der Waals surface area contributed by atoms with Gasteiger partial charge in [-0.3, -0.25) is 9.78 Å². The van der Waals surface area contributed by atoms with Gasteiger partial charge in [-0.2, -0.15) is 5.26 Å². The molecule has 2 amide bonds. The number of nitriles is 1. The number of hydrogen-bond donors (Lipinski definition) is 0. The molecule has 1 aliphatic heterocycles. The maximum atomic E-state index is 12.7. The van der Waals surface area contributed by atoms with E-state index in [2.05, 4.69) is 11.1 Å². The van der Waals surface area contributed by atoms with Crippen LogP contribution in [0.15, 0.2) is 47.2 Å². The van der Waals surface area contributed by atoms with Gasteiger partial charge in [-0.05, 0) is 30.2 Å². The molecule has 0 radical (unpaired) electrons. The standard InChI is InChI=1S/C22H20N4O4S/c1-2-19(27)26(20-7-5-11-29-20)21-17(12-23)16-8-10-25(13-18(16)31-21)22(28)30-14-15-6-3-4-9-24-15/h3-7,9,11H,2,8,10,13-14H2,1H3. The Hall–Kier alpha value is -3.64. The van der Waals surface area contributed by atoms with Crippen LogP contribution < -0.4 is 4.90 Å². The summed E-state index contributed by atoms with van der Waals surface area (Å²) in [5.74, 6) is 0.199. The van der Waals surface area contributed by atoms with Crippen molar-refractivity contribution in [2.75, 3.05) is 11.4 Å². The molecule has 0 fully saturated rings. The van der Waals surface area contributed by atoms with Gasteiger partial charge >= 0.3 is 6.09 Å². The van der Waals surface area contributed by atoms with Crippen LogP contribution in [-0.2, 0) is 29.1 Å². The maximum Gasteiger partial charge on any atom is 0.410 e. The molecule has 4 rings (SSSR count). The molecule has 8 nitrogen and oxygen atoms in total. The van der Waals surface area contributed by atoms with Crippen molar-refractivity contribution < 1.29 is 18.7 Å². The minimum Gasteiger partial charge on any atom is -0.448 e. The van der Waals surface area contributed by atoms with E-state index in [1.54, 1.807) is 42.3 Å². The van der Waals surface area contributed by atoms with Gasteiger partial charge in [-0.1, -0.05) is 13.0 Å². The zero-order valence-electron chi connectivity index (χ0n) is 16.9. The molecule has 3 aromatic rings. The Balaban J connectivity index is 1.56. The summed E-state index contributed by atoms with van der Waals surface area (Å²) < 4.78 is 10.8. The van der Waals surface area contributed by atoms with Crippen LogP contribution in [0.1, 0.15) is 35.0 Å². The molecule has 0 atom stereocenters. The highest BCUT2D eigenvalue weighted by Gasteiger charge is 2.32. The summed E-state index contributed by atoms with van der Waals surface area (Å²) >= 11 is 1.33. The Kier molecular flexibility index (Phi) is 6.00. The summed E-state index contributed by atoms with van der Waals surface area (Å²) in [6.07, 6.45) is 3.48. The summed E-state index contributed by atoms with van der Waals surface area (Å²) in [5, 5.41) is 10.4. The van der Waals surface area contributed by atoms with Crippen LogP contribution in [-0.4, -0.2) is 28.4 Å². The largest absolute Gasteiger partial charge is 0.448 e. The number of thiophene rings is 1. The molecular formula is C22H20N4O4S. The first-order chi connectivity index (χ1) is 15.1. The molecule has 9 heteroatoms. The van der Waals surface area contributed by atoms with Crippen LogP contribution in [0.25, 0.3) is 0 Å². The molecule has 0 aromatic carbocycles. The van der Waals surface area contributed by atoms with E-state index in [1.807, 2.05) is 6.07 Å². The van der Waals surface area contributed by atoms with E-state index in [0.29, 0.717) is 41.7 Å². The number of fused-ring (bicyclic) bond motifs is 1. The molecule has 158 valence electrons. The number of hydrogen-bond acceptors (Lipinski definition) is 7. The SMILES string of the molecule is CCC(=O)N(c1ccco1)c1sc2c(c1C#N)CCN(C(=O)OCc1ccccn1)C2. The minimum atomic E-state index is -0.433. The van der Waals surface area contributed by atoms with E-state index < -0.39 is 6.09 Å². The topological polar surface area (TPSA) is 99.7 Å². The lowest BCUT2D eigenvalue weighted by Gasteiger charge is -2.26. The van der Waals surface area contributed by atoms with Crippen molar-refractivity contribution in [3.8, 4) is 6.07 Å². The van der Waals surface area contributed by atoms with Gasteiger partial charge in [0.25, 0.3) is 0 Å². The first kappa shape index (κ1) is 20.6. The summed E-state index contributed by atoms with van der Waals surface area (Å²) in [6, 6.07) is 11.1. The normalized spacial score (nSPS) is 12.7. The summed E-state index contributed by atoms with van der Waals surface area (Å²) in [5.41, 5.74) is 2.00. The van der Waals surface area contributed by atoms with E-state index >= 15 is 0 Å². The van der Waals surface area contributed by atoms with Crippen LogP contribution in [0.4, 0.5) is 15.7 Å². The number of amides is 2. The van der Waals surface area contributed by atoms with Crippen molar-refractivity contribution >= 4 is 34.2 Å². The van der Waals surface area contributed by atoms with Gasteiger partial charge < -0.3 is 14.1 Å². The monoisotopic (exact) mass is 436 g/mol. The highest BCUT2D eigenvalue weighted by atomic mass is 32.1. The van der Waals surface area contributed by atoms with Crippen LogP contribution >= 0.6 is 11.3 Å². The number of carbonyl (C=O) groups is 2. The molecule has 4 heterocycles. The van der Waals surface area contributed by atoms with Gasteiger partial charge in [0.05, 0.1) is 24.1 Å². The number of carbonyl (C=O) groups excluding carboxylic acids is 2. The minimum absolute atomic E-state index is 0.0967. The Morgan fingerprint density at radius 1 is 1.35 bits per heavy atom. The highest BCUT2D eigenvalue weighted by molar-refractivity contribution is 7.16. The molecule has 0 saturated carbocycles. The van der Waals surface area contributed by atoms with Crippen molar-refractivity contribution in [3.63, 3.8) is 0 Å². The third-order valence-electron chi connectivity index (χ3n) is 4.96. The Morgan fingerprint density at radius 2 is 2.23 bits per heavy atom. The van der Waals surface area contributed by atoms with E-state index in [-0.39, 0.29) is 18.9 Å². The van der Waals surface area contributed by atoms with E-state index in [0.717, 1.165) is 10.4 Å². The molecule has 0 spiro atoms. The Labute approximate surface area is 183 Å². The van der Waals surface area contributed by atoms with Crippen LogP contribution in [0, 0.1) is 11.3 Å². The lowest BCUT2D eigenvalue weighted by atomic mass is 10.0. The third kappa shape index (κ3) is 4.15. The second-order valence-electron chi connectivity index (χ2n) is 6.88. The fourth-order valence-electron chi connectivity index (χ4n) is 3.42. The molecule has 0 bridgehead atoms. The predicted molar refractivity (Wildman–Crippen MR) is 114 cm³/mol. The quantitative estimate of drug-likeness (QED) is 0.589. The van der Waals surface area contributed by atoms with Crippen molar-refractivity contribution in [3.05, 3.63) is 64.5 Å². The average Bonchev–Trinajstić information content (AvgIpc) is 3.45. The molecule has 1 aliphatic rings. The van der Waals surface area contributed by atoms with Crippen LogP contribution in [0.3, 0.4) is 0 Å². The number of rotatable bonds is 5. The smallest absolute Gasteiger partial charge is 0.410 e. The summed E-state index contributed by atoms with van der Waals surface area (Å²) in [4.78, 5) is 33.3. The second kappa shape index (κ2) is 9.02. The molecule has 0 N–H and O–H groups in total. The Bertz CT molecular complexity index is 1120. The van der Waals surface area contributed by atoms with Crippen LogP contribution in [0.5, 0.6) is 0 Å². The number of nitrogens with zero attached hydrogens (tertiary/aromatic N) is 4. The molecular weight excluding hydrogens is 416 g/mol. The first-order valence-corrected chi connectivity index (χ1v) is 10.7. The number of aromatic nitrogens is 1. The van der Waals surface area contributed by atoms with Crippen molar-refractivity contribution in [1.82, 2.24) is 9.88 Å². The lowest BCUT2D eigenvalue weighted by Crippen LogP contribution is -2.35. The second-order valence-corrected chi connectivity index (χ2v) is 7.96. The molecule has 0 saturated heterocycles. The predicted octanol–water partition coefficient (Wildman–Crippen LogP) is 4.38. The molecule has 31 heavy (non-hydrogen) atoms. The number of ether oxygens (including phenoxy) is 1. The van der Waals surface area contributed by atoms with E-state index in [9.17, 15) is 14.9 Å². The van der Waals surface area contributed by atoms with Crippen molar-refractivity contribution in [2.45, 2.75) is 32.9 Å². The van der Waals surface area contributed by atoms with E-state index in [4.69, 9.17) is 9.15 Å². The fourth-order valence-corrected chi connectivity index (χ4v) is 4.75. The van der Waals surface area contributed by atoms with Crippen molar-refractivity contribution in [2.24, 2.45) is 0 Å². The average molecular weight is 436 g/mol. The zero-order chi connectivity index (χ0) is 21.8. The van der Waals surface area contributed by atoms with Gasteiger partial charge in [0.1, 0.15) is 17.7 Å². The fraction of sp³-hybridized carbons (Fsp3) is 0.273. The van der Waals surface area contributed by atoms with Crippen LogP contribution in [0.2, 0.25) is 0 Å². The third-order valence-corrected chi connectivity index (χ3v) is 6.16. The molecule has 0 unspecified atom stereocenters. The van der Waals surface area contributed by atoms with Gasteiger partial charge in [0, 0.05) is 30.1 Å². The van der Waals surface area contributed by atoms with E-state index in [1.165, 1.54) is 22.5 Å². The summed E-state index contributed by atoms with van der Waals surface area (Å²) in [6.45, 7) is 2.61. The zero-order valence-corrected chi connectivity index (χ0v) is 17.7. The summed E-state index contributed by atoms with van der Waals surface area (Å²) in [7, 11) is 0. The first-order valence-electron chi connectivity index (χ1n) is 9.85. The van der Waals surface area contributed by atoms with Gasteiger partial charge in [-0.25, -0.2) is 9.69 Å². The van der Waals surface area contributed by atoms with Gasteiger partial charge in [0.15, 0.2) is 0 Å². The maximum absolute atomic E-state index is 12.7. The Morgan fingerprint density at radius 3 is 2.90 bits per heavy atom. The molecule has 3 aromatic heterocycles. The van der Waals surface area contributed by atoms with Crippen molar-refractivity contribution in [1.29, 1.82) is 5.26 Å². The number of furan rings is 1. The van der Waals surface area contributed by atoms with Gasteiger partial charge in [0.2, 0.25) is 11.8 Å². The highest BCUT2D eigenvalue weighted by Crippen LogP contribution is 2.42. The number of anilines is 2.